The van der Waals surface area contributed by atoms with Crippen LogP contribution in [0.5, 0.6) is 5.75 Å². The summed E-state index contributed by atoms with van der Waals surface area (Å²) >= 11 is 0. The number of aldehydes is 1. The van der Waals surface area contributed by atoms with Gasteiger partial charge < -0.3 is 19.7 Å². The molecule has 0 aromatic heterocycles. The maximum absolute atomic E-state index is 13.1. The van der Waals surface area contributed by atoms with Crippen LogP contribution in [0.4, 0.5) is 0 Å². The average molecular weight is 554 g/mol. The summed E-state index contributed by atoms with van der Waals surface area (Å²) in [5.41, 5.74) is 6.45. The van der Waals surface area contributed by atoms with Crippen molar-refractivity contribution in [2.75, 3.05) is 20.1 Å². The number of likely N-dealkylation sites (N-methyl/N-ethyl adjacent to an activating group) is 1. The van der Waals surface area contributed by atoms with Crippen LogP contribution >= 0.6 is 0 Å². The smallest absolute Gasteiger partial charge is 0.255 e. The molecular weight excluding hydrogens is 514 g/mol. The molecule has 1 saturated heterocycles. The van der Waals surface area contributed by atoms with Crippen molar-refractivity contribution in [3.05, 3.63) is 100 Å². The minimum atomic E-state index is -0.695. The standard InChI is InChI=1S/C34H39N3O4/c1-24-8-14-27(15-9-24)28-16-18-36(19-17-28)21-25-10-12-26(13-11-25)23-41-32-7-3-5-29-30(32)22-37(34(29)40)31(6-4-20-38)33(39)35-2/h3,5,7-15,20,28,31H,4,6,16-19,21-23H2,1-2H3,(H,35,39). The summed E-state index contributed by atoms with van der Waals surface area (Å²) in [6.45, 7) is 5.96. The van der Waals surface area contributed by atoms with Crippen LogP contribution in [-0.2, 0) is 29.3 Å². The van der Waals surface area contributed by atoms with E-state index in [1.165, 1.54) is 41.5 Å². The molecule has 7 nitrogen and oxygen atoms in total. The third kappa shape index (κ3) is 6.68. The minimum Gasteiger partial charge on any atom is -0.489 e. The zero-order valence-corrected chi connectivity index (χ0v) is 24.0. The zero-order chi connectivity index (χ0) is 28.8. The monoisotopic (exact) mass is 553 g/mol. The Labute approximate surface area is 242 Å². The fourth-order valence-electron chi connectivity index (χ4n) is 5.96. The van der Waals surface area contributed by atoms with Crippen LogP contribution < -0.4 is 10.1 Å². The Morgan fingerprint density at radius 1 is 1.02 bits per heavy atom. The number of carbonyl (C=O) groups excluding carboxylic acids is 3. The van der Waals surface area contributed by atoms with Gasteiger partial charge in [0.25, 0.3) is 5.91 Å². The molecule has 214 valence electrons. The number of hydrogen-bond donors (Lipinski definition) is 1. The molecule has 3 aromatic rings. The highest BCUT2D eigenvalue weighted by atomic mass is 16.5. The quantitative estimate of drug-likeness (QED) is 0.338. The van der Waals surface area contributed by atoms with Crippen molar-refractivity contribution < 1.29 is 19.1 Å². The topological polar surface area (TPSA) is 79.0 Å². The number of likely N-dealkylation sites (tertiary alicyclic amines) is 1. The van der Waals surface area contributed by atoms with Gasteiger partial charge in [-0.15, -0.1) is 0 Å². The van der Waals surface area contributed by atoms with Crippen LogP contribution in [0.25, 0.3) is 0 Å². The van der Waals surface area contributed by atoms with Crippen LogP contribution in [0.15, 0.2) is 66.7 Å². The first kappa shape index (κ1) is 28.6. The van der Waals surface area contributed by atoms with Crippen LogP contribution in [0, 0.1) is 6.92 Å². The molecule has 5 rings (SSSR count). The Kier molecular flexibility index (Phi) is 9.14. The SMILES string of the molecule is CNC(=O)C(CCC=O)N1Cc2c(OCc3ccc(CN4CCC(c5ccc(C)cc5)CC4)cc3)cccc2C1=O. The second-order valence-electron chi connectivity index (χ2n) is 11.2. The van der Waals surface area contributed by atoms with Gasteiger partial charge in [-0.25, -0.2) is 0 Å². The van der Waals surface area contributed by atoms with Gasteiger partial charge >= 0.3 is 0 Å². The molecule has 1 N–H and O–H groups in total. The molecule has 2 amide bonds. The number of aryl methyl sites for hydroxylation is 1. The lowest BCUT2D eigenvalue weighted by atomic mass is 9.89. The number of carbonyl (C=O) groups is 3. The van der Waals surface area contributed by atoms with E-state index in [0.29, 0.717) is 23.8 Å². The summed E-state index contributed by atoms with van der Waals surface area (Å²) in [5, 5.41) is 2.62. The number of rotatable bonds is 11. The predicted octanol–water partition coefficient (Wildman–Crippen LogP) is 5.00. The molecule has 2 aliphatic rings. The lowest BCUT2D eigenvalue weighted by molar-refractivity contribution is -0.125. The van der Waals surface area contributed by atoms with Gasteiger partial charge in [-0.05, 0) is 74.0 Å². The Morgan fingerprint density at radius 3 is 2.41 bits per heavy atom. The van der Waals surface area contributed by atoms with Crippen molar-refractivity contribution in [2.24, 2.45) is 0 Å². The minimum absolute atomic E-state index is 0.211. The van der Waals surface area contributed by atoms with Crippen molar-refractivity contribution in [1.29, 1.82) is 0 Å². The zero-order valence-electron chi connectivity index (χ0n) is 24.0. The molecule has 1 fully saturated rings. The summed E-state index contributed by atoms with van der Waals surface area (Å²) < 4.78 is 6.18. The van der Waals surface area contributed by atoms with Gasteiger partial charge in [0.15, 0.2) is 0 Å². The van der Waals surface area contributed by atoms with E-state index in [-0.39, 0.29) is 31.2 Å². The highest BCUT2D eigenvalue weighted by Gasteiger charge is 2.37. The van der Waals surface area contributed by atoms with E-state index in [4.69, 9.17) is 4.74 Å². The predicted molar refractivity (Wildman–Crippen MR) is 159 cm³/mol. The number of ether oxygens (including phenoxy) is 1. The Bertz CT molecular complexity index is 1360. The Morgan fingerprint density at radius 2 is 1.73 bits per heavy atom. The van der Waals surface area contributed by atoms with Crippen molar-refractivity contribution in [1.82, 2.24) is 15.1 Å². The summed E-state index contributed by atoms with van der Waals surface area (Å²) in [5.74, 6) is 0.813. The number of benzene rings is 3. The molecule has 0 saturated carbocycles. The second-order valence-corrected chi connectivity index (χ2v) is 11.2. The van der Waals surface area contributed by atoms with E-state index >= 15 is 0 Å². The number of fused-ring (bicyclic) bond motifs is 1. The molecule has 41 heavy (non-hydrogen) atoms. The van der Waals surface area contributed by atoms with Gasteiger partial charge in [-0.2, -0.15) is 0 Å². The fraction of sp³-hybridized carbons (Fsp3) is 0.382. The normalized spacial score (nSPS) is 16.3. The molecule has 0 radical (unpaired) electrons. The number of nitrogens with one attached hydrogen (secondary N) is 1. The molecular formula is C34H39N3O4. The molecule has 0 aliphatic carbocycles. The number of nitrogens with zero attached hydrogens (tertiary/aromatic N) is 2. The van der Waals surface area contributed by atoms with Gasteiger partial charge in [-0.1, -0.05) is 60.2 Å². The average Bonchev–Trinajstić information content (AvgIpc) is 3.34. The van der Waals surface area contributed by atoms with Crippen molar-refractivity contribution in [3.63, 3.8) is 0 Å². The van der Waals surface area contributed by atoms with E-state index in [9.17, 15) is 14.4 Å². The van der Waals surface area contributed by atoms with E-state index in [1.807, 2.05) is 6.07 Å². The van der Waals surface area contributed by atoms with Crippen molar-refractivity contribution in [2.45, 2.75) is 64.3 Å². The molecule has 0 bridgehead atoms. The maximum atomic E-state index is 13.1. The van der Waals surface area contributed by atoms with Crippen LogP contribution in [0.3, 0.4) is 0 Å². The summed E-state index contributed by atoms with van der Waals surface area (Å²) in [7, 11) is 1.54. The summed E-state index contributed by atoms with van der Waals surface area (Å²) in [6, 6.07) is 22.3. The first-order valence-electron chi connectivity index (χ1n) is 14.5. The second kappa shape index (κ2) is 13.1. The lowest BCUT2D eigenvalue weighted by Gasteiger charge is -2.32. The van der Waals surface area contributed by atoms with Gasteiger partial charge in [0.05, 0.1) is 6.54 Å². The van der Waals surface area contributed by atoms with E-state index in [2.05, 4.69) is 65.7 Å². The molecule has 1 unspecified atom stereocenters. The van der Waals surface area contributed by atoms with Crippen molar-refractivity contribution in [3.8, 4) is 5.75 Å². The summed E-state index contributed by atoms with van der Waals surface area (Å²) in [4.78, 5) is 40.6. The van der Waals surface area contributed by atoms with Gasteiger partial charge in [0.1, 0.15) is 24.7 Å². The van der Waals surface area contributed by atoms with Gasteiger partial charge in [-0.3, -0.25) is 14.5 Å². The van der Waals surface area contributed by atoms with E-state index < -0.39 is 6.04 Å². The van der Waals surface area contributed by atoms with E-state index in [0.717, 1.165) is 37.0 Å². The third-order valence-electron chi connectivity index (χ3n) is 8.40. The third-order valence-corrected chi connectivity index (χ3v) is 8.40. The number of hydrogen-bond acceptors (Lipinski definition) is 5. The molecule has 2 aliphatic heterocycles. The van der Waals surface area contributed by atoms with Gasteiger partial charge in [0.2, 0.25) is 5.91 Å². The number of piperidine rings is 1. The lowest BCUT2D eigenvalue weighted by Crippen LogP contribution is -2.46. The molecule has 1 atom stereocenters. The summed E-state index contributed by atoms with van der Waals surface area (Å²) in [6.07, 6.45) is 3.66. The maximum Gasteiger partial charge on any atom is 0.255 e. The largest absolute Gasteiger partial charge is 0.489 e. The van der Waals surface area contributed by atoms with Crippen LogP contribution in [0.2, 0.25) is 0 Å². The van der Waals surface area contributed by atoms with Gasteiger partial charge in [0, 0.05) is 31.1 Å². The highest BCUT2D eigenvalue weighted by molar-refractivity contribution is 6.01. The Hall–Kier alpha value is -3.97. The van der Waals surface area contributed by atoms with Crippen LogP contribution in [-0.4, -0.2) is 54.1 Å². The number of amides is 2. The fourth-order valence-corrected chi connectivity index (χ4v) is 5.96. The first-order chi connectivity index (χ1) is 20.0. The van der Waals surface area contributed by atoms with Crippen molar-refractivity contribution >= 4 is 18.1 Å². The molecule has 7 heteroatoms. The molecule has 3 aromatic carbocycles. The molecule has 0 spiro atoms. The van der Waals surface area contributed by atoms with E-state index in [1.54, 1.807) is 12.1 Å². The molecule has 2 heterocycles. The Balaban J connectivity index is 1.15. The first-order valence-corrected chi connectivity index (χ1v) is 14.5. The van der Waals surface area contributed by atoms with Crippen LogP contribution in [0.1, 0.15) is 69.8 Å². The highest BCUT2D eigenvalue weighted by Crippen LogP contribution is 2.34.